The Morgan fingerprint density at radius 2 is 1.95 bits per heavy atom. The van der Waals surface area contributed by atoms with Gasteiger partial charge in [0.05, 0.1) is 6.61 Å². The highest BCUT2D eigenvalue weighted by molar-refractivity contribution is 6.30. The fraction of sp³-hybridized carbons (Fsp3) is 0.250. The lowest BCUT2D eigenvalue weighted by atomic mass is 10.2. The van der Waals surface area contributed by atoms with E-state index in [0.29, 0.717) is 0 Å². The van der Waals surface area contributed by atoms with E-state index in [9.17, 15) is 0 Å². The predicted molar refractivity (Wildman–Crippen MR) is 81.0 cm³/mol. The molecule has 0 aliphatic rings. The van der Waals surface area contributed by atoms with E-state index < -0.39 is 0 Å². The maximum atomic E-state index is 5.96. The highest BCUT2D eigenvalue weighted by Gasteiger charge is 1.98. The molecule has 0 unspecified atom stereocenters. The molecule has 19 heavy (non-hydrogen) atoms. The number of hydrogen-bond acceptors (Lipinski definition) is 2. The van der Waals surface area contributed by atoms with Crippen LogP contribution in [-0.4, -0.2) is 6.61 Å². The molecular weight excluding hydrogens is 258 g/mol. The van der Waals surface area contributed by atoms with Gasteiger partial charge >= 0.3 is 0 Å². The Balaban J connectivity index is 1.95. The summed E-state index contributed by atoms with van der Waals surface area (Å²) in [4.78, 5) is 0. The van der Waals surface area contributed by atoms with Crippen molar-refractivity contribution in [2.75, 3.05) is 11.9 Å². The van der Waals surface area contributed by atoms with Gasteiger partial charge in [-0.3, -0.25) is 0 Å². The first kappa shape index (κ1) is 13.8. The zero-order valence-electron chi connectivity index (χ0n) is 11.0. The van der Waals surface area contributed by atoms with E-state index in [0.717, 1.165) is 41.6 Å². The van der Waals surface area contributed by atoms with Crippen LogP contribution in [-0.2, 0) is 6.54 Å². The summed E-state index contributed by atoms with van der Waals surface area (Å²) >= 11 is 5.96. The third-order valence-corrected chi connectivity index (χ3v) is 2.93. The summed E-state index contributed by atoms with van der Waals surface area (Å²) in [7, 11) is 0. The number of rotatable bonds is 6. The minimum atomic E-state index is 0.748. The van der Waals surface area contributed by atoms with Gasteiger partial charge in [0, 0.05) is 23.3 Å². The highest BCUT2D eigenvalue weighted by atomic mass is 35.5. The van der Waals surface area contributed by atoms with Crippen molar-refractivity contribution in [1.29, 1.82) is 0 Å². The molecule has 0 aliphatic carbocycles. The molecule has 0 bridgehead atoms. The van der Waals surface area contributed by atoms with E-state index in [4.69, 9.17) is 16.3 Å². The molecule has 0 saturated carbocycles. The summed E-state index contributed by atoms with van der Waals surface area (Å²) in [5, 5.41) is 4.13. The van der Waals surface area contributed by atoms with E-state index in [2.05, 4.69) is 18.3 Å². The summed E-state index contributed by atoms with van der Waals surface area (Å²) in [5.74, 6) is 0.901. The van der Waals surface area contributed by atoms with Gasteiger partial charge in [-0.05, 0) is 36.2 Å². The Bertz CT molecular complexity index is 528. The van der Waals surface area contributed by atoms with E-state index in [-0.39, 0.29) is 0 Å². The summed E-state index contributed by atoms with van der Waals surface area (Å²) in [6.45, 7) is 3.59. The van der Waals surface area contributed by atoms with Crippen molar-refractivity contribution in [3.05, 3.63) is 59.1 Å². The standard InChI is InChI=1S/C16H18ClNO/c1-2-9-19-16-8-4-7-15(11-16)18-12-13-5-3-6-14(17)10-13/h3-8,10-11,18H,2,9,12H2,1H3. The predicted octanol–water partition coefficient (Wildman–Crippen LogP) is 4.74. The monoisotopic (exact) mass is 275 g/mol. The van der Waals surface area contributed by atoms with E-state index in [1.54, 1.807) is 0 Å². The molecule has 3 heteroatoms. The first-order chi connectivity index (χ1) is 9.28. The van der Waals surface area contributed by atoms with Crippen LogP contribution in [0.5, 0.6) is 5.75 Å². The number of hydrogen-bond donors (Lipinski definition) is 1. The zero-order valence-corrected chi connectivity index (χ0v) is 11.8. The molecule has 0 aromatic heterocycles. The van der Waals surface area contributed by atoms with Gasteiger partial charge in [0.15, 0.2) is 0 Å². The SMILES string of the molecule is CCCOc1cccc(NCc2cccc(Cl)c2)c1. The first-order valence-electron chi connectivity index (χ1n) is 6.49. The fourth-order valence-electron chi connectivity index (χ4n) is 1.77. The van der Waals surface area contributed by atoms with Gasteiger partial charge in [-0.2, -0.15) is 0 Å². The van der Waals surface area contributed by atoms with Gasteiger partial charge in [-0.25, -0.2) is 0 Å². The van der Waals surface area contributed by atoms with E-state index in [1.165, 1.54) is 0 Å². The zero-order chi connectivity index (χ0) is 13.5. The maximum absolute atomic E-state index is 5.96. The van der Waals surface area contributed by atoms with Crippen LogP contribution < -0.4 is 10.1 Å². The molecule has 0 saturated heterocycles. The molecule has 100 valence electrons. The van der Waals surface area contributed by atoms with Gasteiger partial charge in [0.1, 0.15) is 5.75 Å². The van der Waals surface area contributed by atoms with Crippen molar-refractivity contribution < 1.29 is 4.74 Å². The van der Waals surface area contributed by atoms with Crippen LogP contribution in [0.1, 0.15) is 18.9 Å². The second-order valence-corrected chi connectivity index (χ2v) is 4.80. The number of anilines is 1. The summed E-state index contributed by atoms with van der Waals surface area (Å²) in [6.07, 6.45) is 1.01. The smallest absolute Gasteiger partial charge is 0.121 e. The van der Waals surface area contributed by atoms with Crippen LogP contribution >= 0.6 is 11.6 Å². The van der Waals surface area contributed by atoms with Crippen LogP contribution in [0.15, 0.2) is 48.5 Å². The number of nitrogens with one attached hydrogen (secondary N) is 1. The van der Waals surface area contributed by atoms with Gasteiger partial charge in [0.2, 0.25) is 0 Å². The van der Waals surface area contributed by atoms with Gasteiger partial charge in [-0.1, -0.05) is 36.7 Å². The molecule has 0 amide bonds. The Morgan fingerprint density at radius 3 is 2.74 bits per heavy atom. The molecule has 0 fully saturated rings. The van der Waals surface area contributed by atoms with Crippen molar-refractivity contribution in [2.24, 2.45) is 0 Å². The lowest BCUT2D eigenvalue weighted by Gasteiger charge is -2.09. The fourth-order valence-corrected chi connectivity index (χ4v) is 1.98. The van der Waals surface area contributed by atoms with Crippen molar-refractivity contribution in [3.8, 4) is 5.75 Å². The summed E-state index contributed by atoms with van der Waals surface area (Å²) < 4.78 is 5.61. The molecule has 0 spiro atoms. The Hall–Kier alpha value is -1.67. The van der Waals surface area contributed by atoms with Gasteiger partial charge in [-0.15, -0.1) is 0 Å². The topological polar surface area (TPSA) is 21.3 Å². The highest BCUT2D eigenvalue weighted by Crippen LogP contribution is 2.19. The summed E-state index contributed by atoms with van der Waals surface area (Å²) in [5.41, 5.74) is 2.21. The minimum Gasteiger partial charge on any atom is -0.494 e. The summed E-state index contributed by atoms with van der Waals surface area (Å²) in [6, 6.07) is 15.9. The average Bonchev–Trinajstić information content (AvgIpc) is 2.43. The van der Waals surface area contributed by atoms with Crippen molar-refractivity contribution in [3.63, 3.8) is 0 Å². The van der Waals surface area contributed by atoms with Crippen LogP contribution in [0.3, 0.4) is 0 Å². The van der Waals surface area contributed by atoms with Crippen LogP contribution in [0, 0.1) is 0 Å². The molecule has 0 atom stereocenters. The number of ether oxygens (including phenoxy) is 1. The molecule has 0 aliphatic heterocycles. The second kappa shape index (κ2) is 7.05. The first-order valence-corrected chi connectivity index (χ1v) is 6.87. The molecule has 2 nitrogen and oxygen atoms in total. The Labute approximate surface area is 119 Å². The Morgan fingerprint density at radius 1 is 1.11 bits per heavy atom. The third kappa shape index (κ3) is 4.49. The maximum Gasteiger partial charge on any atom is 0.121 e. The minimum absolute atomic E-state index is 0.748. The van der Waals surface area contributed by atoms with Crippen molar-refractivity contribution >= 4 is 17.3 Å². The van der Waals surface area contributed by atoms with Crippen LogP contribution in [0.4, 0.5) is 5.69 Å². The molecule has 2 aromatic rings. The molecular formula is C16H18ClNO. The van der Waals surface area contributed by atoms with Gasteiger partial charge in [0.25, 0.3) is 0 Å². The molecule has 2 aromatic carbocycles. The number of benzene rings is 2. The molecule has 1 N–H and O–H groups in total. The Kier molecular flexibility index (Phi) is 5.10. The van der Waals surface area contributed by atoms with Crippen molar-refractivity contribution in [2.45, 2.75) is 19.9 Å². The quantitative estimate of drug-likeness (QED) is 0.822. The lowest BCUT2D eigenvalue weighted by Crippen LogP contribution is -2.00. The van der Waals surface area contributed by atoms with Crippen molar-refractivity contribution in [1.82, 2.24) is 0 Å². The largest absolute Gasteiger partial charge is 0.494 e. The normalized spacial score (nSPS) is 10.2. The molecule has 2 rings (SSSR count). The molecule has 0 radical (unpaired) electrons. The lowest BCUT2D eigenvalue weighted by molar-refractivity contribution is 0.317. The third-order valence-electron chi connectivity index (χ3n) is 2.69. The van der Waals surface area contributed by atoms with Crippen LogP contribution in [0.25, 0.3) is 0 Å². The second-order valence-electron chi connectivity index (χ2n) is 4.36. The van der Waals surface area contributed by atoms with Crippen LogP contribution in [0.2, 0.25) is 5.02 Å². The van der Waals surface area contributed by atoms with Gasteiger partial charge < -0.3 is 10.1 Å². The van der Waals surface area contributed by atoms with E-state index >= 15 is 0 Å². The van der Waals surface area contributed by atoms with E-state index in [1.807, 2.05) is 42.5 Å². The number of halogens is 1. The average molecular weight is 276 g/mol. The molecule has 0 heterocycles.